The van der Waals surface area contributed by atoms with E-state index in [0.717, 1.165) is 104 Å². The first-order valence-corrected chi connectivity index (χ1v) is 40.2. The molecule has 3 N–H and O–H groups in total. The highest BCUT2D eigenvalue weighted by molar-refractivity contribution is 8.13. The van der Waals surface area contributed by atoms with Crippen LogP contribution in [0.15, 0.2) is 180 Å². The van der Waals surface area contributed by atoms with Crippen LogP contribution in [0.3, 0.4) is 0 Å². The topological polar surface area (TPSA) is 241 Å². The van der Waals surface area contributed by atoms with E-state index in [2.05, 4.69) is 16.0 Å². The number of carbonyl (C=O) groups is 2. The number of amides is 2. The molecule has 2 unspecified atom stereocenters. The van der Waals surface area contributed by atoms with E-state index in [4.69, 9.17) is 20.7 Å². The largest absolute Gasteiger partial charge is 0.316 e. The number of aliphatic imine (C=N–C) groups is 2. The summed E-state index contributed by atoms with van der Waals surface area (Å²) in [5.74, 6) is 1.15. The van der Waals surface area contributed by atoms with Crippen LogP contribution in [0.2, 0.25) is 0 Å². The van der Waals surface area contributed by atoms with Crippen LogP contribution in [-0.2, 0) is 74.4 Å². The average Bonchev–Trinajstić information content (AvgIpc) is 1.65. The van der Waals surface area contributed by atoms with Gasteiger partial charge in [0.2, 0.25) is 39.1 Å². The summed E-state index contributed by atoms with van der Waals surface area (Å²) in [5, 5.41) is 18.1. The second kappa shape index (κ2) is 29.0. The molecule has 8 aromatic rings. The Morgan fingerprint density at radius 3 is 1.12 bits per heavy atom. The first kappa shape index (κ1) is 68.0. The molecule has 0 radical (unpaired) electrons. The molecule has 0 aromatic heterocycles. The first-order valence-electron chi connectivity index (χ1n) is 32.9. The quantitative estimate of drug-likeness (QED) is 0.0725. The highest BCUT2D eigenvalue weighted by Crippen LogP contribution is 2.36. The number of hydrogen-bond donors (Lipinski definition) is 3. The van der Waals surface area contributed by atoms with Crippen LogP contribution in [0, 0.1) is 11.8 Å². The molecule has 500 valence electrons. The van der Waals surface area contributed by atoms with Gasteiger partial charge in [0, 0.05) is 68.3 Å². The number of hydrogen-bond acceptors (Lipinski definition) is 13. The zero-order valence-electron chi connectivity index (χ0n) is 53.1. The van der Waals surface area contributed by atoms with Crippen molar-refractivity contribution in [2.45, 2.75) is 88.1 Å². The lowest BCUT2D eigenvalue weighted by molar-refractivity contribution is -0.125. The Morgan fingerprint density at radius 1 is 0.411 bits per heavy atom. The van der Waals surface area contributed by atoms with Gasteiger partial charge >= 0.3 is 0 Å². The van der Waals surface area contributed by atoms with Crippen LogP contribution in [0.25, 0.3) is 43.1 Å². The Bertz CT molecular complexity index is 4680. The average molecular weight is 1380 g/mol. The highest BCUT2D eigenvalue weighted by Gasteiger charge is 2.50. The van der Waals surface area contributed by atoms with E-state index in [1.54, 1.807) is 8.61 Å². The van der Waals surface area contributed by atoms with Crippen molar-refractivity contribution in [1.82, 2.24) is 28.9 Å². The lowest BCUT2D eigenvalue weighted by Gasteiger charge is -2.35. The van der Waals surface area contributed by atoms with Crippen LogP contribution >= 0.6 is 10.7 Å². The zero-order chi connectivity index (χ0) is 66.4. The third kappa shape index (κ3) is 15.9. The van der Waals surface area contributed by atoms with Gasteiger partial charge in [-0.2, -0.15) is 0 Å². The number of amidine groups is 2. The minimum Gasteiger partial charge on any atom is -0.316 e. The predicted molar refractivity (Wildman–Crippen MR) is 380 cm³/mol. The maximum atomic E-state index is 13.5. The monoisotopic (exact) mass is 1380 g/mol. The molecule has 6 heterocycles. The van der Waals surface area contributed by atoms with Gasteiger partial charge in [-0.05, 0) is 149 Å². The highest BCUT2D eigenvalue weighted by atomic mass is 35.7. The number of sulfonamides is 3. The number of piperidine rings is 4. The molecule has 23 heteroatoms. The van der Waals surface area contributed by atoms with Crippen molar-refractivity contribution in [3.8, 4) is 0 Å². The maximum absolute atomic E-state index is 13.5. The van der Waals surface area contributed by atoms with E-state index in [9.17, 15) is 43.3 Å². The summed E-state index contributed by atoms with van der Waals surface area (Å²) in [7, 11) is -8.68. The molecule has 2 amide bonds. The molecule has 4 saturated heterocycles. The maximum Gasteiger partial charge on any atom is 0.253 e. The Hall–Kier alpha value is -6.99. The zero-order valence-corrected chi connectivity index (χ0v) is 57.1. The summed E-state index contributed by atoms with van der Waals surface area (Å²) in [5.41, 5.74) is 2.27. The molecule has 6 aliphatic heterocycles. The van der Waals surface area contributed by atoms with E-state index in [1.807, 2.05) is 170 Å². The number of rotatable bonds is 17. The third-order valence-electron chi connectivity index (χ3n) is 19.8. The van der Waals surface area contributed by atoms with E-state index < -0.39 is 50.2 Å². The lowest BCUT2D eigenvalue weighted by atomic mass is 9.89. The van der Waals surface area contributed by atoms with Crippen molar-refractivity contribution in [3.63, 3.8) is 0 Å². The minimum atomic E-state index is -3.53. The fourth-order valence-corrected chi connectivity index (χ4v) is 19.5. The number of carbonyl (C=O) groups excluding carboxylic acids is 2. The van der Waals surface area contributed by atoms with Crippen LogP contribution in [0.5, 0.6) is 0 Å². The minimum absolute atomic E-state index is 0.00159. The van der Waals surface area contributed by atoms with Gasteiger partial charge in [-0.3, -0.25) is 19.6 Å². The lowest BCUT2D eigenvalue weighted by Crippen LogP contribution is -2.51. The SMILES string of the molecule is O=C1NC(C2CCCN(S(=O)(=O)CCc3cccc4ccccc34)C2)=NC12CCN(S(=O)(=O)CCc1cccc3ccccc13)CC2.O=C1NC(C2CCCNC2)=NC12CCN(S(=O)(=O)CCc1cccc3ccccc13)CC2.O=S(=O)(Cl)CCc1cccc2ccccc12. The number of nitrogens with zero attached hydrogens (tertiary/aromatic N) is 5. The van der Waals surface area contributed by atoms with Gasteiger partial charge < -0.3 is 16.0 Å². The molecule has 4 fully saturated rings. The second-order valence-electron chi connectivity index (χ2n) is 25.7. The van der Waals surface area contributed by atoms with Gasteiger partial charge in [-0.15, -0.1) is 0 Å². The number of nitrogens with one attached hydrogen (secondary N) is 3. The molecule has 18 nitrogen and oxygen atoms in total. The van der Waals surface area contributed by atoms with E-state index in [0.29, 0.717) is 83.3 Å². The van der Waals surface area contributed by atoms with Crippen molar-refractivity contribution >= 4 is 116 Å². The van der Waals surface area contributed by atoms with Crippen LogP contribution in [-0.4, -0.2) is 157 Å². The van der Waals surface area contributed by atoms with Crippen molar-refractivity contribution < 1.29 is 43.3 Å². The van der Waals surface area contributed by atoms with Crippen molar-refractivity contribution in [3.05, 3.63) is 192 Å². The van der Waals surface area contributed by atoms with Crippen molar-refractivity contribution in [2.24, 2.45) is 21.8 Å². The van der Waals surface area contributed by atoms with Crippen molar-refractivity contribution in [1.29, 1.82) is 0 Å². The van der Waals surface area contributed by atoms with E-state index >= 15 is 0 Å². The van der Waals surface area contributed by atoms with Gasteiger partial charge in [0.15, 0.2) is 0 Å². The molecule has 0 aliphatic carbocycles. The first-order chi connectivity index (χ1) is 45.7. The Labute approximate surface area is 562 Å². The smallest absolute Gasteiger partial charge is 0.253 e. The molecule has 95 heavy (non-hydrogen) atoms. The predicted octanol–water partition coefficient (Wildman–Crippen LogP) is 9.54. The van der Waals surface area contributed by atoms with E-state index in [-0.39, 0.29) is 66.3 Å². The van der Waals surface area contributed by atoms with Gasteiger partial charge in [-0.1, -0.05) is 170 Å². The third-order valence-corrected chi connectivity index (χ3v) is 26.5. The second-order valence-corrected chi connectivity index (χ2v) is 34.9. The fraction of sp³-hybridized carbons (Fsp3) is 0.389. The number of benzene rings is 8. The molecular weight excluding hydrogens is 1300 g/mol. The molecular formula is C72H81ClN8O10S4. The Balaban J connectivity index is 0.000000154. The summed E-state index contributed by atoms with van der Waals surface area (Å²) in [6.45, 7) is 3.70. The van der Waals surface area contributed by atoms with Crippen LogP contribution < -0.4 is 16.0 Å². The summed E-state index contributed by atoms with van der Waals surface area (Å²) in [4.78, 5) is 35.8. The number of fused-ring (bicyclic) bond motifs is 4. The Kier molecular flexibility index (Phi) is 20.7. The molecule has 2 spiro atoms. The Morgan fingerprint density at radius 2 is 0.747 bits per heavy atom. The standard InChI is InChI=1S/C36H40N4O5S2.C24H30N4O3S.C12H11ClO2S/c41-35-36(19-22-39(23-20-36)46(42,43)24-17-29-12-5-10-27-8-1-3-15-32(27)29)38-34(37-35)31-14-7-21-40(26-31)47(44,45)25-18-30-13-6-11-28-9-2-4-16-33(28)30;29-23-24(27-22(26-23)20-8-4-13-25-17-20)11-14-28(15-12-24)32(30,31)16-10-19-7-3-6-18-5-1-2-9-21(18)19;13-16(14,15)9-8-11-6-3-5-10-4-1-2-7-12(10)11/h1-6,8-13,15-16,31H,7,14,17-26H2,(H,37,38,41);1-3,5-7,9,20,25H,4,8,10-17H2,(H,26,27,29);1-7H,8-9H2. The van der Waals surface area contributed by atoms with Gasteiger partial charge in [0.05, 0.1) is 23.0 Å². The summed E-state index contributed by atoms with van der Waals surface area (Å²) < 4.78 is 106. The summed E-state index contributed by atoms with van der Waals surface area (Å²) in [6, 6.07) is 55.8. The molecule has 8 aromatic carbocycles. The fourth-order valence-electron chi connectivity index (χ4n) is 14.3. The van der Waals surface area contributed by atoms with Crippen LogP contribution in [0.1, 0.15) is 73.6 Å². The number of aryl methyl sites for hydroxylation is 4. The summed E-state index contributed by atoms with van der Waals surface area (Å²) >= 11 is 0. The van der Waals surface area contributed by atoms with E-state index in [1.165, 1.54) is 4.31 Å². The molecule has 0 saturated carbocycles. The molecule has 6 aliphatic rings. The normalized spacial score (nSPS) is 20.4. The van der Waals surface area contributed by atoms with Gasteiger partial charge in [-0.25, -0.2) is 46.6 Å². The molecule has 2 atom stereocenters. The van der Waals surface area contributed by atoms with Crippen molar-refractivity contribution in [2.75, 3.05) is 75.4 Å². The van der Waals surface area contributed by atoms with Gasteiger partial charge in [0.25, 0.3) is 11.8 Å². The van der Waals surface area contributed by atoms with Crippen LogP contribution in [0.4, 0.5) is 0 Å². The molecule has 14 rings (SSSR count). The van der Waals surface area contributed by atoms with Gasteiger partial charge in [0.1, 0.15) is 22.7 Å². The molecule has 0 bridgehead atoms. The number of halogens is 1. The summed E-state index contributed by atoms with van der Waals surface area (Å²) in [6.07, 6.45) is 6.77.